The van der Waals surface area contributed by atoms with E-state index >= 15 is 0 Å². The topological polar surface area (TPSA) is 77.8 Å². The zero-order valence-corrected chi connectivity index (χ0v) is 12.8. The maximum absolute atomic E-state index is 11.6. The monoisotopic (exact) mass is 314 g/mol. The van der Waals surface area contributed by atoms with Crippen LogP contribution in [0.15, 0.2) is 48.5 Å². The van der Waals surface area contributed by atoms with Crippen LogP contribution >= 0.6 is 0 Å². The van der Waals surface area contributed by atoms with E-state index in [1.54, 1.807) is 12.1 Å². The van der Waals surface area contributed by atoms with Crippen molar-refractivity contribution >= 4 is 28.2 Å². The maximum Gasteiger partial charge on any atom is 0.228 e. The highest BCUT2D eigenvalue weighted by atomic mass is 16.1. The molecule has 1 amide bonds. The molecule has 5 nitrogen and oxygen atoms in total. The summed E-state index contributed by atoms with van der Waals surface area (Å²) in [5.41, 5.74) is 5.31. The van der Waals surface area contributed by atoms with Gasteiger partial charge in [0.25, 0.3) is 0 Å². The van der Waals surface area contributed by atoms with Gasteiger partial charge in [-0.05, 0) is 48.0 Å². The Kier molecular flexibility index (Phi) is 3.36. The lowest BCUT2D eigenvalue weighted by Crippen LogP contribution is -2.03. The Bertz CT molecular complexity index is 987. The molecule has 2 aromatic carbocycles. The summed E-state index contributed by atoms with van der Waals surface area (Å²) in [6.07, 6.45) is 0.414. The first-order valence-corrected chi connectivity index (χ1v) is 7.68. The zero-order chi connectivity index (χ0) is 16.5. The fourth-order valence-electron chi connectivity index (χ4n) is 2.92. The summed E-state index contributed by atoms with van der Waals surface area (Å²) in [7, 11) is 0. The van der Waals surface area contributed by atoms with Crippen LogP contribution in [0.1, 0.15) is 16.8 Å². The van der Waals surface area contributed by atoms with Gasteiger partial charge in [-0.25, -0.2) is 0 Å². The number of anilines is 2. The molecule has 24 heavy (non-hydrogen) atoms. The number of carbonyl (C=O) groups is 1. The van der Waals surface area contributed by atoms with Crippen molar-refractivity contribution in [3.05, 3.63) is 65.4 Å². The van der Waals surface area contributed by atoms with Gasteiger partial charge in [0.15, 0.2) is 0 Å². The Morgan fingerprint density at radius 3 is 2.75 bits per heavy atom. The summed E-state index contributed by atoms with van der Waals surface area (Å²) in [6.45, 7) is 0.593. The van der Waals surface area contributed by atoms with Gasteiger partial charge >= 0.3 is 0 Å². The van der Waals surface area contributed by atoms with Gasteiger partial charge in [0.05, 0.1) is 35.8 Å². The van der Waals surface area contributed by atoms with Gasteiger partial charge in [0.1, 0.15) is 0 Å². The largest absolute Gasteiger partial charge is 0.379 e. The van der Waals surface area contributed by atoms with Crippen molar-refractivity contribution in [2.75, 3.05) is 10.6 Å². The first kappa shape index (κ1) is 14.2. The number of nitriles is 1. The van der Waals surface area contributed by atoms with Gasteiger partial charge in [-0.3, -0.25) is 9.78 Å². The molecule has 0 spiro atoms. The molecule has 0 unspecified atom stereocenters. The third-order valence-corrected chi connectivity index (χ3v) is 4.14. The highest BCUT2D eigenvalue weighted by Crippen LogP contribution is 2.30. The number of hydrogen-bond donors (Lipinski definition) is 2. The van der Waals surface area contributed by atoms with Gasteiger partial charge in [-0.1, -0.05) is 6.07 Å². The highest BCUT2D eigenvalue weighted by molar-refractivity contribution is 6.05. The van der Waals surface area contributed by atoms with Crippen LogP contribution < -0.4 is 10.6 Å². The number of nitrogens with zero attached hydrogens (tertiary/aromatic N) is 2. The van der Waals surface area contributed by atoms with Crippen LogP contribution in [0.3, 0.4) is 0 Å². The fraction of sp³-hybridized carbons (Fsp3) is 0.105. The Hall–Kier alpha value is -3.39. The van der Waals surface area contributed by atoms with Crippen LogP contribution in [0.5, 0.6) is 0 Å². The number of carbonyl (C=O) groups excluding carboxylic acids is 1. The molecule has 5 heteroatoms. The minimum atomic E-state index is 0.0315. The van der Waals surface area contributed by atoms with Crippen LogP contribution in [-0.4, -0.2) is 10.9 Å². The standard InChI is InChI=1S/C19H14N4O/c20-10-12-1-3-13(4-2-12)21-11-14-5-6-15-16-9-19(24)23-18(16)8-7-17(15)22-14/h1-8,21H,9,11H2,(H,23,24). The number of fused-ring (bicyclic) bond motifs is 3. The zero-order valence-electron chi connectivity index (χ0n) is 12.8. The van der Waals surface area contributed by atoms with Gasteiger partial charge in [-0.2, -0.15) is 5.26 Å². The average molecular weight is 314 g/mol. The Balaban J connectivity index is 1.56. The molecule has 0 aliphatic carbocycles. The highest BCUT2D eigenvalue weighted by Gasteiger charge is 2.20. The summed E-state index contributed by atoms with van der Waals surface area (Å²) in [5.74, 6) is 0.0315. The average Bonchev–Trinajstić information content (AvgIpc) is 3.01. The molecule has 0 saturated carbocycles. The minimum absolute atomic E-state index is 0.0315. The summed E-state index contributed by atoms with van der Waals surface area (Å²) in [5, 5.41) is 16.0. The lowest BCUT2D eigenvalue weighted by molar-refractivity contribution is -0.115. The molecule has 116 valence electrons. The van der Waals surface area contributed by atoms with Crippen molar-refractivity contribution in [2.45, 2.75) is 13.0 Å². The summed E-state index contributed by atoms with van der Waals surface area (Å²) < 4.78 is 0. The molecule has 1 aromatic heterocycles. The Morgan fingerprint density at radius 2 is 1.96 bits per heavy atom. The van der Waals surface area contributed by atoms with Crippen molar-refractivity contribution in [1.82, 2.24) is 4.98 Å². The molecule has 0 fully saturated rings. The second-order valence-corrected chi connectivity index (χ2v) is 5.73. The van der Waals surface area contributed by atoms with Gasteiger partial charge < -0.3 is 10.6 Å². The first-order chi connectivity index (χ1) is 11.7. The molecule has 0 atom stereocenters. The maximum atomic E-state index is 11.6. The lowest BCUT2D eigenvalue weighted by atomic mass is 10.1. The summed E-state index contributed by atoms with van der Waals surface area (Å²) in [6, 6.07) is 17.3. The van der Waals surface area contributed by atoms with E-state index in [9.17, 15) is 4.79 Å². The van der Waals surface area contributed by atoms with E-state index in [2.05, 4.69) is 21.7 Å². The minimum Gasteiger partial charge on any atom is -0.379 e. The van der Waals surface area contributed by atoms with E-state index < -0.39 is 0 Å². The number of rotatable bonds is 3. The number of benzene rings is 2. The molecule has 1 aliphatic heterocycles. The molecule has 0 saturated heterocycles. The van der Waals surface area contributed by atoms with Crippen LogP contribution in [0.4, 0.5) is 11.4 Å². The van der Waals surface area contributed by atoms with E-state index in [0.717, 1.165) is 33.5 Å². The molecule has 0 bridgehead atoms. The van der Waals surface area contributed by atoms with Crippen molar-refractivity contribution in [1.29, 1.82) is 5.26 Å². The molecule has 4 rings (SSSR count). The van der Waals surface area contributed by atoms with Crippen molar-refractivity contribution in [3.63, 3.8) is 0 Å². The van der Waals surface area contributed by atoms with Crippen molar-refractivity contribution in [2.24, 2.45) is 0 Å². The Morgan fingerprint density at radius 1 is 1.12 bits per heavy atom. The van der Waals surface area contributed by atoms with E-state index in [0.29, 0.717) is 18.5 Å². The normalized spacial score (nSPS) is 12.5. The molecular formula is C19H14N4O. The molecule has 3 aromatic rings. The number of hydrogen-bond acceptors (Lipinski definition) is 4. The van der Waals surface area contributed by atoms with Crippen LogP contribution in [0.25, 0.3) is 10.9 Å². The predicted molar refractivity (Wildman–Crippen MR) is 92.6 cm³/mol. The summed E-state index contributed by atoms with van der Waals surface area (Å²) >= 11 is 0. The smallest absolute Gasteiger partial charge is 0.228 e. The quantitative estimate of drug-likeness (QED) is 0.778. The van der Waals surface area contributed by atoms with Crippen LogP contribution in [0.2, 0.25) is 0 Å². The lowest BCUT2D eigenvalue weighted by Gasteiger charge is -2.08. The number of pyridine rings is 1. The fourth-order valence-corrected chi connectivity index (χ4v) is 2.92. The third-order valence-electron chi connectivity index (χ3n) is 4.14. The Labute approximate surface area is 138 Å². The second kappa shape index (κ2) is 5.67. The van der Waals surface area contributed by atoms with Gasteiger partial charge in [0, 0.05) is 16.8 Å². The number of amides is 1. The van der Waals surface area contributed by atoms with Crippen LogP contribution in [-0.2, 0) is 17.8 Å². The number of nitrogens with one attached hydrogen (secondary N) is 2. The SMILES string of the molecule is N#Cc1ccc(NCc2ccc3c4c(ccc3n2)NC(=O)C4)cc1. The summed E-state index contributed by atoms with van der Waals surface area (Å²) in [4.78, 5) is 16.2. The molecule has 2 heterocycles. The second-order valence-electron chi connectivity index (χ2n) is 5.73. The van der Waals surface area contributed by atoms with E-state index in [-0.39, 0.29) is 5.91 Å². The van der Waals surface area contributed by atoms with E-state index in [1.807, 2.05) is 36.4 Å². The van der Waals surface area contributed by atoms with Gasteiger partial charge in [-0.15, -0.1) is 0 Å². The van der Waals surface area contributed by atoms with Crippen molar-refractivity contribution in [3.8, 4) is 6.07 Å². The predicted octanol–water partition coefficient (Wildman–Crippen LogP) is 3.21. The first-order valence-electron chi connectivity index (χ1n) is 7.68. The van der Waals surface area contributed by atoms with E-state index in [4.69, 9.17) is 5.26 Å². The van der Waals surface area contributed by atoms with E-state index in [1.165, 1.54) is 0 Å². The van der Waals surface area contributed by atoms with Gasteiger partial charge in [0.2, 0.25) is 5.91 Å². The molecule has 2 N–H and O–H groups in total. The molecule has 1 aliphatic rings. The number of aromatic nitrogens is 1. The third kappa shape index (κ3) is 2.55. The van der Waals surface area contributed by atoms with Crippen LogP contribution in [0, 0.1) is 11.3 Å². The van der Waals surface area contributed by atoms with Crippen molar-refractivity contribution < 1.29 is 4.79 Å². The molecular weight excluding hydrogens is 300 g/mol. The molecule has 0 radical (unpaired) electrons.